The lowest BCUT2D eigenvalue weighted by Gasteiger charge is -2.16. The van der Waals surface area contributed by atoms with Crippen molar-refractivity contribution in [3.63, 3.8) is 0 Å². The number of benzene rings is 1. The number of thioether (sulfide) groups is 1. The molecule has 0 spiro atoms. The minimum absolute atomic E-state index is 0.162. The van der Waals surface area contributed by atoms with E-state index in [0.29, 0.717) is 4.91 Å². The van der Waals surface area contributed by atoms with Crippen LogP contribution in [0.2, 0.25) is 0 Å². The molecule has 6 heteroatoms. The van der Waals surface area contributed by atoms with Crippen molar-refractivity contribution in [2.24, 2.45) is 0 Å². The van der Waals surface area contributed by atoms with Gasteiger partial charge in [-0.1, -0.05) is 0 Å². The van der Waals surface area contributed by atoms with Gasteiger partial charge in [0.15, 0.2) is 0 Å². The molecule has 0 radical (unpaired) electrons. The average molecular weight is 358 g/mol. The minimum atomic E-state index is -0.284. The van der Waals surface area contributed by atoms with E-state index in [0.717, 1.165) is 34.4 Å². The summed E-state index contributed by atoms with van der Waals surface area (Å²) >= 11 is 0.966. The van der Waals surface area contributed by atoms with Crippen LogP contribution in [0.15, 0.2) is 35.2 Å². The van der Waals surface area contributed by atoms with E-state index in [4.69, 9.17) is 0 Å². The van der Waals surface area contributed by atoms with Crippen LogP contribution in [0.4, 0.5) is 9.18 Å². The summed E-state index contributed by atoms with van der Waals surface area (Å²) in [5.41, 5.74) is 3.63. The summed E-state index contributed by atoms with van der Waals surface area (Å²) in [4.78, 5) is 26.2. The Morgan fingerprint density at radius 3 is 2.32 bits per heavy atom. The van der Waals surface area contributed by atoms with Crippen molar-refractivity contribution in [1.82, 2.24) is 9.47 Å². The van der Waals surface area contributed by atoms with E-state index in [1.165, 1.54) is 17.0 Å². The molecule has 0 N–H and O–H groups in total. The van der Waals surface area contributed by atoms with Crippen molar-refractivity contribution in [2.45, 2.75) is 33.7 Å². The molecule has 1 fully saturated rings. The van der Waals surface area contributed by atoms with Gasteiger partial charge < -0.3 is 4.57 Å². The van der Waals surface area contributed by atoms with Gasteiger partial charge in [-0.2, -0.15) is 0 Å². The largest absolute Gasteiger partial charge is 0.318 e. The summed E-state index contributed by atoms with van der Waals surface area (Å²) in [6.45, 7) is 7.53. The number of hydrogen-bond donors (Lipinski definition) is 0. The predicted octanol–water partition coefficient (Wildman–Crippen LogP) is 4.68. The third-order valence-corrected chi connectivity index (χ3v) is 5.07. The van der Waals surface area contributed by atoms with E-state index >= 15 is 0 Å². The monoisotopic (exact) mass is 358 g/mol. The van der Waals surface area contributed by atoms with E-state index in [2.05, 4.69) is 0 Å². The van der Waals surface area contributed by atoms with Crippen molar-refractivity contribution < 1.29 is 14.0 Å². The summed E-state index contributed by atoms with van der Waals surface area (Å²) in [6.07, 6.45) is 1.76. The zero-order chi connectivity index (χ0) is 18.3. The lowest BCUT2D eigenvalue weighted by Crippen LogP contribution is -2.34. The zero-order valence-corrected chi connectivity index (χ0v) is 15.4. The van der Waals surface area contributed by atoms with Crippen LogP contribution in [0.25, 0.3) is 11.8 Å². The first-order chi connectivity index (χ1) is 11.8. The molecule has 0 saturated carbocycles. The Hall–Kier alpha value is -2.34. The SMILES string of the molecule is Cc1cc(/C=C2/SC(=O)N(C(C)C)C2=O)c(C)n1-c1ccc(F)cc1. The predicted molar refractivity (Wildman–Crippen MR) is 98.1 cm³/mol. The van der Waals surface area contributed by atoms with Crippen LogP contribution in [0.5, 0.6) is 0 Å². The third kappa shape index (κ3) is 3.14. The molecule has 1 aromatic heterocycles. The van der Waals surface area contributed by atoms with E-state index in [-0.39, 0.29) is 23.0 Å². The van der Waals surface area contributed by atoms with Crippen molar-refractivity contribution in [3.05, 3.63) is 58.0 Å². The van der Waals surface area contributed by atoms with Gasteiger partial charge in [0.2, 0.25) is 0 Å². The van der Waals surface area contributed by atoms with Crippen molar-refractivity contribution in [2.75, 3.05) is 0 Å². The molecule has 0 bridgehead atoms. The van der Waals surface area contributed by atoms with Crippen molar-refractivity contribution in [1.29, 1.82) is 0 Å². The van der Waals surface area contributed by atoms with Crippen LogP contribution in [0.1, 0.15) is 30.8 Å². The fraction of sp³-hybridized carbons (Fsp3) is 0.263. The second kappa shape index (κ2) is 6.52. The second-order valence-electron chi connectivity index (χ2n) is 6.28. The van der Waals surface area contributed by atoms with Gasteiger partial charge in [0.25, 0.3) is 11.1 Å². The highest BCUT2D eigenvalue weighted by Gasteiger charge is 2.36. The molecule has 1 aliphatic rings. The lowest BCUT2D eigenvalue weighted by molar-refractivity contribution is -0.123. The molecule has 1 aliphatic heterocycles. The molecule has 3 rings (SSSR count). The fourth-order valence-electron chi connectivity index (χ4n) is 2.99. The van der Waals surface area contributed by atoms with Gasteiger partial charge in [-0.05, 0) is 81.4 Å². The highest BCUT2D eigenvalue weighted by molar-refractivity contribution is 8.18. The van der Waals surface area contributed by atoms with Gasteiger partial charge >= 0.3 is 0 Å². The molecular formula is C19H19FN2O2S. The van der Waals surface area contributed by atoms with Crippen LogP contribution >= 0.6 is 11.8 Å². The van der Waals surface area contributed by atoms with E-state index in [1.54, 1.807) is 18.2 Å². The number of halogens is 1. The molecule has 0 unspecified atom stereocenters. The third-order valence-electron chi connectivity index (χ3n) is 4.18. The Kier molecular flexibility index (Phi) is 4.56. The Bertz CT molecular complexity index is 882. The summed E-state index contributed by atoms with van der Waals surface area (Å²) in [7, 11) is 0. The van der Waals surface area contributed by atoms with Gasteiger partial charge in [-0.3, -0.25) is 14.5 Å². The van der Waals surface area contributed by atoms with Crippen LogP contribution < -0.4 is 0 Å². The maximum atomic E-state index is 13.2. The van der Waals surface area contributed by atoms with Gasteiger partial charge in [0, 0.05) is 23.1 Å². The molecule has 130 valence electrons. The standard InChI is InChI=1S/C19H19FN2O2S/c1-11(2)21-18(23)17(25-19(21)24)10-14-9-12(3)22(13(14)4)16-7-5-15(20)6-8-16/h5-11H,1-4H3/b17-10+. The van der Waals surface area contributed by atoms with Crippen LogP contribution in [0.3, 0.4) is 0 Å². The molecule has 1 aromatic carbocycles. The Labute approximate surface area is 150 Å². The van der Waals surface area contributed by atoms with E-state index in [1.807, 2.05) is 38.3 Å². The van der Waals surface area contributed by atoms with Crippen molar-refractivity contribution >= 4 is 29.0 Å². The molecule has 1 saturated heterocycles. The van der Waals surface area contributed by atoms with Crippen LogP contribution in [-0.2, 0) is 4.79 Å². The Balaban J connectivity index is 2.00. The first-order valence-electron chi connectivity index (χ1n) is 8.01. The number of carbonyl (C=O) groups is 2. The summed E-state index contributed by atoms with van der Waals surface area (Å²) in [6, 6.07) is 8.06. The topological polar surface area (TPSA) is 42.3 Å². The maximum Gasteiger partial charge on any atom is 0.293 e. The molecule has 2 heterocycles. The molecule has 2 amide bonds. The normalized spacial score (nSPS) is 16.6. The quantitative estimate of drug-likeness (QED) is 0.748. The van der Waals surface area contributed by atoms with E-state index < -0.39 is 0 Å². The first-order valence-corrected chi connectivity index (χ1v) is 8.83. The lowest BCUT2D eigenvalue weighted by atomic mass is 10.2. The smallest absolute Gasteiger partial charge is 0.293 e. The van der Waals surface area contributed by atoms with Gasteiger partial charge in [-0.15, -0.1) is 0 Å². The number of hydrogen-bond acceptors (Lipinski definition) is 3. The molecule has 0 atom stereocenters. The maximum absolute atomic E-state index is 13.2. The molecule has 2 aromatic rings. The molecule has 25 heavy (non-hydrogen) atoms. The number of rotatable bonds is 3. The van der Waals surface area contributed by atoms with Crippen LogP contribution in [0, 0.1) is 19.7 Å². The summed E-state index contributed by atoms with van der Waals surface area (Å²) in [5.74, 6) is -0.537. The molecular weight excluding hydrogens is 339 g/mol. The van der Waals surface area contributed by atoms with Gasteiger partial charge in [-0.25, -0.2) is 4.39 Å². The van der Waals surface area contributed by atoms with E-state index in [9.17, 15) is 14.0 Å². The van der Waals surface area contributed by atoms with Crippen LogP contribution in [-0.4, -0.2) is 26.7 Å². The summed E-state index contributed by atoms with van der Waals surface area (Å²) in [5, 5.41) is -0.237. The van der Waals surface area contributed by atoms with Gasteiger partial charge in [0.1, 0.15) is 5.82 Å². The average Bonchev–Trinajstić information content (AvgIpc) is 2.97. The number of nitrogens with zero attached hydrogens (tertiary/aromatic N) is 2. The fourth-order valence-corrected chi connectivity index (χ4v) is 3.94. The number of imide groups is 1. The number of amides is 2. The first kappa shape index (κ1) is 17.5. The number of aryl methyl sites for hydroxylation is 1. The molecule has 0 aliphatic carbocycles. The van der Waals surface area contributed by atoms with Gasteiger partial charge in [0.05, 0.1) is 4.91 Å². The zero-order valence-electron chi connectivity index (χ0n) is 14.5. The highest BCUT2D eigenvalue weighted by atomic mass is 32.2. The Morgan fingerprint density at radius 2 is 1.76 bits per heavy atom. The minimum Gasteiger partial charge on any atom is -0.318 e. The highest BCUT2D eigenvalue weighted by Crippen LogP contribution is 2.34. The number of carbonyl (C=O) groups excluding carboxylic acids is 2. The Morgan fingerprint density at radius 1 is 1.12 bits per heavy atom. The molecule has 4 nitrogen and oxygen atoms in total. The second-order valence-corrected chi connectivity index (χ2v) is 7.28. The summed E-state index contributed by atoms with van der Waals surface area (Å²) < 4.78 is 15.2. The van der Waals surface area contributed by atoms with Crippen molar-refractivity contribution in [3.8, 4) is 5.69 Å². The number of aromatic nitrogens is 1.